The molecule has 2 heteroatoms. The van der Waals surface area contributed by atoms with Gasteiger partial charge in [0.2, 0.25) is 0 Å². The largest absolute Gasteiger partial charge is 0.309 e. The zero-order valence-corrected chi connectivity index (χ0v) is 32.4. The Hall–Kier alpha value is -7.29. The highest BCUT2D eigenvalue weighted by atomic mass is 15.0. The molecule has 0 N–H and O–H groups in total. The van der Waals surface area contributed by atoms with E-state index in [1.54, 1.807) is 0 Å². The van der Waals surface area contributed by atoms with E-state index >= 15 is 0 Å². The predicted molar refractivity (Wildman–Crippen MR) is 245 cm³/mol. The molecule has 272 valence electrons. The molecule has 58 heavy (non-hydrogen) atoms. The summed E-state index contributed by atoms with van der Waals surface area (Å²) in [5.74, 6) is 0. The molecular weight excluding hydrogens is 701 g/mol. The van der Waals surface area contributed by atoms with Crippen LogP contribution in [0, 0.1) is 0 Å². The molecule has 0 saturated carbocycles. The molecule has 0 fully saturated rings. The molecule has 2 heterocycles. The monoisotopic (exact) mass is 738 g/mol. The van der Waals surface area contributed by atoms with Gasteiger partial charge in [0.25, 0.3) is 0 Å². The van der Waals surface area contributed by atoms with E-state index in [1.807, 2.05) is 12.4 Å². The molecule has 1 aliphatic carbocycles. The van der Waals surface area contributed by atoms with Crippen LogP contribution in [0.5, 0.6) is 0 Å². The van der Waals surface area contributed by atoms with Gasteiger partial charge in [-0.15, -0.1) is 0 Å². The normalized spacial score (nSPS) is 13.1. The molecule has 0 unspecified atom stereocenters. The van der Waals surface area contributed by atoms with Crippen LogP contribution in [0.25, 0.3) is 104 Å². The molecule has 0 radical (unpaired) electrons. The average Bonchev–Trinajstić information content (AvgIpc) is 3.73. The molecule has 0 bridgehead atoms. The van der Waals surface area contributed by atoms with Crippen molar-refractivity contribution in [3.8, 4) is 50.2 Å². The van der Waals surface area contributed by atoms with Gasteiger partial charge in [0.1, 0.15) is 0 Å². The minimum atomic E-state index is -0.127. The van der Waals surface area contributed by atoms with Crippen LogP contribution in [0.2, 0.25) is 0 Å². The summed E-state index contributed by atoms with van der Waals surface area (Å²) in [5.41, 5.74) is 16.2. The molecular formula is C56H38N2. The first-order chi connectivity index (χ1) is 28.5. The second-order valence-electron chi connectivity index (χ2n) is 16.3. The summed E-state index contributed by atoms with van der Waals surface area (Å²) < 4.78 is 2.40. The third-order valence-electron chi connectivity index (χ3n) is 12.9. The van der Waals surface area contributed by atoms with E-state index in [0.29, 0.717) is 0 Å². The van der Waals surface area contributed by atoms with Gasteiger partial charge in [-0.25, -0.2) is 0 Å². The fourth-order valence-corrected chi connectivity index (χ4v) is 10.1. The van der Waals surface area contributed by atoms with Crippen LogP contribution in [0.15, 0.2) is 194 Å². The number of nitrogens with zero attached hydrogens (tertiary/aromatic N) is 2. The Bertz CT molecular complexity index is 3400. The molecule has 0 saturated heterocycles. The van der Waals surface area contributed by atoms with Gasteiger partial charge < -0.3 is 4.57 Å². The quantitative estimate of drug-likeness (QED) is 0.164. The second-order valence-corrected chi connectivity index (χ2v) is 16.3. The van der Waals surface area contributed by atoms with Gasteiger partial charge in [-0.2, -0.15) is 0 Å². The highest BCUT2D eigenvalue weighted by Crippen LogP contribution is 2.53. The molecule has 1 aliphatic rings. The minimum Gasteiger partial charge on any atom is -0.309 e. The van der Waals surface area contributed by atoms with Crippen LogP contribution in [0.1, 0.15) is 25.0 Å². The van der Waals surface area contributed by atoms with Crippen molar-refractivity contribution >= 4 is 54.1 Å². The maximum Gasteiger partial charge on any atom is 0.0541 e. The highest BCUT2D eigenvalue weighted by molar-refractivity contribution is 6.22. The topological polar surface area (TPSA) is 17.8 Å². The van der Waals surface area contributed by atoms with Crippen LogP contribution >= 0.6 is 0 Å². The number of para-hydroxylation sites is 2. The van der Waals surface area contributed by atoms with Crippen molar-refractivity contribution in [3.05, 3.63) is 206 Å². The lowest BCUT2D eigenvalue weighted by atomic mass is 9.79. The van der Waals surface area contributed by atoms with Crippen molar-refractivity contribution in [2.24, 2.45) is 0 Å². The van der Waals surface area contributed by atoms with Gasteiger partial charge in [-0.3, -0.25) is 4.98 Å². The molecule has 12 rings (SSSR count). The Morgan fingerprint density at radius 1 is 0.379 bits per heavy atom. The fourth-order valence-electron chi connectivity index (χ4n) is 10.1. The number of aromatic nitrogens is 2. The maximum absolute atomic E-state index is 4.60. The van der Waals surface area contributed by atoms with Crippen LogP contribution < -0.4 is 0 Å². The van der Waals surface area contributed by atoms with E-state index < -0.39 is 0 Å². The van der Waals surface area contributed by atoms with E-state index in [-0.39, 0.29) is 5.41 Å². The van der Waals surface area contributed by atoms with Gasteiger partial charge in [0.15, 0.2) is 0 Å². The van der Waals surface area contributed by atoms with Crippen LogP contribution in [0.4, 0.5) is 0 Å². The van der Waals surface area contributed by atoms with Gasteiger partial charge in [-0.05, 0) is 113 Å². The Morgan fingerprint density at radius 3 is 1.57 bits per heavy atom. The minimum absolute atomic E-state index is 0.127. The molecule has 0 spiro atoms. The fraction of sp³-hybridized carbons (Fsp3) is 0.0536. The van der Waals surface area contributed by atoms with Crippen molar-refractivity contribution in [1.82, 2.24) is 9.55 Å². The SMILES string of the molecule is CC1(C)c2ccccc2-c2cc3c(-c4ccc(-n5c6ccccc6c6ccccc65)cc4)c4ccccc4c(-c4ccc(-c5cncc6ccccc56)cc4)c3cc21. The molecule has 2 nitrogen and oxygen atoms in total. The lowest BCUT2D eigenvalue weighted by molar-refractivity contribution is 0.661. The van der Waals surface area contributed by atoms with E-state index in [0.717, 1.165) is 16.6 Å². The van der Waals surface area contributed by atoms with Crippen molar-refractivity contribution in [3.63, 3.8) is 0 Å². The summed E-state index contributed by atoms with van der Waals surface area (Å²) in [5, 5.41) is 9.96. The van der Waals surface area contributed by atoms with Crippen molar-refractivity contribution in [1.29, 1.82) is 0 Å². The van der Waals surface area contributed by atoms with Crippen molar-refractivity contribution in [2.45, 2.75) is 19.3 Å². The van der Waals surface area contributed by atoms with Crippen molar-refractivity contribution < 1.29 is 0 Å². The van der Waals surface area contributed by atoms with Crippen LogP contribution in [-0.4, -0.2) is 9.55 Å². The van der Waals surface area contributed by atoms with Gasteiger partial charge in [0.05, 0.1) is 11.0 Å². The number of hydrogen-bond acceptors (Lipinski definition) is 1. The second kappa shape index (κ2) is 12.4. The number of rotatable bonds is 4. The lowest BCUT2D eigenvalue weighted by Gasteiger charge is -2.24. The van der Waals surface area contributed by atoms with Gasteiger partial charge in [-0.1, -0.05) is 159 Å². The Kier molecular flexibility index (Phi) is 7.01. The van der Waals surface area contributed by atoms with Crippen LogP contribution in [0.3, 0.4) is 0 Å². The summed E-state index contributed by atoms with van der Waals surface area (Å²) in [6, 6.07) is 67.4. The standard InChI is InChI=1S/C56H38N2/c1-56(2)50-20-10-7-15-41(50)46-31-47-48(32-51(46)56)55(36-25-23-35(24-26-36)49-34-57-33-38-13-3-4-14-40(38)49)45-19-6-5-18-44(45)54(47)37-27-29-39(30-28-37)58-52-21-11-8-16-42(52)43-17-9-12-22-53(43)58/h3-34H,1-2H3. The average molecular weight is 739 g/mol. The summed E-state index contributed by atoms with van der Waals surface area (Å²) in [6.07, 6.45) is 3.94. The van der Waals surface area contributed by atoms with E-state index in [9.17, 15) is 0 Å². The first-order valence-electron chi connectivity index (χ1n) is 20.2. The molecule has 0 amide bonds. The third-order valence-corrected chi connectivity index (χ3v) is 12.9. The van der Waals surface area contributed by atoms with E-state index in [2.05, 4.69) is 205 Å². The molecule has 0 atom stereocenters. The first kappa shape index (κ1) is 32.9. The zero-order chi connectivity index (χ0) is 38.5. The number of fused-ring (bicyclic) bond motifs is 9. The zero-order valence-electron chi connectivity index (χ0n) is 32.4. The third kappa shape index (κ3) is 4.69. The Morgan fingerprint density at radius 2 is 0.897 bits per heavy atom. The van der Waals surface area contributed by atoms with Crippen molar-refractivity contribution in [2.75, 3.05) is 0 Å². The van der Waals surface area contributed by atoms with Crippen LogP contribution in [-0.2, 0) is 5.41 Å². The Labute approximate surface area is 337 Å². The summed E-state index contributed by atoms with van der Waals surface area (Å²) in [6.45, 7) is 4.76. The molecule has 2 aromatic heterocycles. The smallest absolute Gasteiger partial charge is 0.0541 e. The van der Waals surface area contributed by atoms with Gasteiger partial charge in [0, 0.05) is 45.2 Å². The summed E-state index contributed by atoms with van der Waals surface area (Å²) in [7, 11) is 0. The number of pyridine rings is 1. The van der Waals surface area contributed by atoms with Gasteiger partial charge >= 0.3 is 0 Å². The number of hydrogen-bond donors (Lipinski definition) is 0. The lowest BCUT2D eigenvalue weighted by Crippen LogP contribution is -2.14. The predicted octanol–water partition coefficient (Wildman–Crippen LogP) is 14.9. The molecule has 0 aliphatic heterocycles. The molecule has 11 aromatic rings. The Balaban J connectivity index is 1.10. The summed E-state index contributed by atoms with van der Waals surface area (Å²) in [4.78, 5) is 4.60. The molecule has 9 aromatic carbocycles. The first-order valence-corrected chi connectivity index (χ1v) is 20.2. The van der Waals surface area contributed by atoms with E-state index in [4.69, 9.17) is 0 Å². The highest BCUT2D eigenvalue weighted by Gasteiger charge is 2.36. The number of benzene rings is 9. The maximum atomic E-state index is 4.60. The van der Waals surface area contributed by atoms with E-state index in [1.165, 1.54) is 98.8 Å². The summed E-state index contributed by atoms with van der Waals surface area (Å²) >= 11 is 0.